The molecular weight excluding hydrogens is 432 g/mol. The zero-order valence-corrected chi connectivity index (χ0v) is 18.5. The van der Waals surface area contributed by atoms with Gasteiger partial charge < -0.3 is 10.6 Å². The van der Waals surface area contributed by atoms with E-state index in [9.17, 15) is 18.0 Å². The van der Waals surface area contributed by atoms with Crippen LogP contribution < -0.4 is 15.4 Å². The largest absolute Gasteiger partial charge is 0.351 e. The molecule has 1 atom stereocenters. The van der Waals surface area contributed by atoms with Gasteiger partial charge in [-0.1, -0.05) is 24.3 Å². The minimum atomic E-state index is -3.90. The second-order valence-corrected chi connectivity index (χ2v) is 8.89. The van der Waals surface area contributed by atoms with Crippen molar-refractivity contribution in [1.29, 1.82) is 0 Å². The van der Waals surface area contributed by atoms with Gasteiger partial charge in [0.15, 0.2) is 0 Å². The van der Waals surface area contributed by atoms with E-state index in [2.05, 4.69) is 25.4 Å². The van der Waals surface area contributed by atoms with Crippen molar-refractivity contribution in [3.8, 4) is 0 Å². The molecule has 1 aromatic heterocycles. The molecule has 168 valence electrons. The Labute approximate surface area is 186 Å². The lowest BCUT2D eigenvalue weighted by molar-refractivity contribution is -0.122. The molecule has 2 amide bonds. The SMILES string of the molecule is CC(=O)Nc1ccc(S(=O)(=O)N[C@@H](C)C(=O)NCc2ccc(Cn3cncn3)cc2)cc1. The first-order valence-electron chi connectivity index (χ1n) is 9.81. The molecule has 0 saturated heterocycles. The number of amides is 2. The fourth-order valence-corrected chi connectivity index (χ4v) is 4.08. The highest BCUT2D eigenvalue weighted by atomic mass is 32.2. The highest BCUT2D eigenvalue weighted by molar-refractivity contribution is 7.89. The predicted molar refractivity (Wildman–Crippen MR) is 118 cm³/mol. The summed E-state index contributed by atoms with van der Waals surface area (Å²) >= 11 is 0. The lowest BCUT2D eigenvalue weighted by Crippen LogP contribution is -2.44. The van der Waals surface area contributed by atoms with Crippen molar-refractivity contribution >= 4 is 27.5 Å². The number of nitrogens with zero attached hydrogens (tertiary/aromatic N) is 3. The molecule has 3 rings (SSSR count). The van der Waals surface area contributed by atoms with Gasteiger partial charge in [-0.05, 0) is 42.3 Å². The third-order valence-electron chi connectivity index (χ3n) is 4.51. The van der Waals surface area contributed by atoms with Crippen molar-refractivity contribution in [2.75, 3.05) is 5.32 Å². The van der Waals surface area contributed by atoms with Crippen LogP contribution in [0.5, 0.6) is 0 Å². The first-order valence-corrected chi connectivity index (χ1v) is 11.3. The van der Waals surface area contributed by atoms with Crippen LogP contribution in [0.2, 0.25) is 0 Å². The molecule has 3 aromatic rings. The molecule has 3 N–H and O–H groups in total. The normalized spacial score (nSPS) is 12.2. The second kappa shape index (κ2) is 10.2. The summed E-state index contributed by atoms with van der Waals surface area (Å²) in [5, 5.41) is 9.35. The van der Waals surface area contributed by atoms with Crippen LogP contribution in [0.15, 0.2) is 66.1 Å². The summed E-state index contributed by atoms with van der Waals surface area (Å²) in [7, 11) is -3.90. The average Bonchev–Trinajstić information content (AvgIpc) is 3.25. The molecule has 11 heteroatoms. The summed E-state index contributed by atoms with van der Waals surface area (Å²) in [4.78, 5) is 27.3. The van der Waals surface area contributed by atoms with Crippen LogP contribution in [0.1, 0.15) is 25.0 Å². The zero-order valence-electron chi connectivity index (χ0n) is 17.6. The van der Waals surface area contributed by atoms with Crippen LogP contribution in [0.4, 0.5) is 5.69 Å². The Morgan fingerprint density at radius 2 is 1.69 bits per heavy atom. The number of rotatable bonds is 9. The molecule has 0 saturated carbocycles. The van der Waals surface area contributed by atoms with Crippen molar-refractivity contribution in [2.24, 2.45) is 0 Å². The quantitative estimate of drug-likeness (QED) is 0.444. The van der Waals surface area contributed by atoms with E-state index in [0.29, 0.717) is 12.2 Å². The Kier molecular flexibility index (Phi) is 7.33. The van der Waals surface area contributed by atoms with E-state index < -0.39 is 22.0 Å². The van der Waals surface area contributed by atoms with Crippen LogP contribution in [0.25, 0.3) is 0 Å². The molecule has 0 spiro atoms. The minimum absolute atomic E-state index is 0.00535. The van der Waals surface area contributed by atoms with Gasteiger partial charge in [-0.2, -0.15) is 9.82 Å². The van der Waals surface area contributed by atoms with Crippen molar-refractivity contribution in [2.45, 2.75) is 37.9 Å². The van der Waals surface area contributed by atoms with E-state index >= 15 is 0 Å². The first-order chi connectivity index (χ1) is 15.2. The number of hydrogen-bond acceptors (Lipinski definition) is 6. The Balaban J connectivity index is 1.52. The van der Waals surface area contributed by atoms with Crippen LogP contribution in [-0.4, -0.2) is 41.0 Å². The minimum Gasteiger partial charge on any atom is -0.351 e. The molecule has 0 bridgehead atoms. The van der Waals surface area contributed by atoms with Gasteiger partial charge in [-0.3, -0.25) is 9.59 Å². The Hall–Kier alpha value is -3.57. The fourth-order valence-electron chi connectivity index (χ4n) is 2.88. The molecular formula is C21H24N6O4S. The van der Waals surface area contributed by atoms with Crippen LogP contribution >= 0.6 is 0 Å². The molecule has 0 aliphatic rings. The topological polar surface area (TPSA) is 135 Å². The molecule has 0 fully saturated rings. The third-order valence-corrected chi connectivity index (χ3v) is 6.07. The molecule has 1 heterocycles. The summed E-state index contributed by atoms with van der Waals surface area (Å²) in [6.07, 6.45) is 3.11. The van der Waals surface area contributed by atoms with Gasteiger partial charge in [0.25, 0.3) is 0 Å². The number of carbonyl (C=O) groups is 2. The number of hydrogen-bond donors (Lipinski definition) is 3. The van der Waals surface area contributed by atoms with Gasteiger partial charge >= 0.3 is 0 Å². The smallest absolute Gasteiger partial charge is 0.241 e. The first kappa shape index (κ1) is 23.1. The lowest BCUT2D eigenvalue weighted by Gasteiger charge is -2.15. The standard InChI is InChI=1S/C21H24N6O4S/c1-15(26-32(30,31)20-9-7-19(8-10-20)25-16(2)28)21(29)23-11-17-3-5-18(6-4-17)12-27-14-22-13-24-27/h3-10,13-15,26H,11-12H2,1-2H3,(H,23,29)(H,25,28)/t15-/m0/s1. The maximum atomic E-state index is 12.5. The van der Waals surface area contributed by atoms with Gasteiger partial charge in [0.2, 0.25) is 21.8 Å². The number of aromatic nitrogens is 3. The third kappa shape index (κ3) is 6.46. The van der Waals surface area contributed by atoms with E-state index in [4.69, 9.17) is 0 Å². The number of anilines is 1. The number of sulfonamides is 1. The Morgan fingerprint density at radius 1 is 1.03 bits per heavy atom. The molecule has 10 nitrogen and oxygen atoms in total. The number of benzene rings is 2. The molecule has 2 aromatic carbocycles. The molecule has 32 heavy (non-hydrogen) atoms. The summed E-state index contributed by atoms with van der Waals surface area (Å²) in [6, 6.07) is 12.3. The van der Waals surface area contributed by atoms with Crippen molar-refractivity contribution in [3.63, 3.8) is 0 Å². The van der Waals surface area contributed by atoms with E-state index in [1.807, 2.05) is 24.3 Å². The predicted octanol–water partition coefficient (Wildman–Crippen LogP) is 1.27. The maximum absolute atomic E-state index is 12.5. The van der Waals surface area contributed by atoms with Gasteiger partial charge in [-0.25, -0.2) is 18.1 Å². The van der Waals surface area contributed by atoms with Crippen LogP contribution in [-0.2, 0) is 32.7 Å². The van der Waals surface area contributed by atoms with Crippen LogP contribution in [0.3, 0.4) is 0 Å². The van der Waals surface area contributed by atoms with Crippen LogP contribution in [0, 0.1) is 0 Å². The highest BCUT2D eigenvalue weighted by Gasteiger charge is 2.22. The average molecular weight is 457 g/mol. The summed E-state index contributed by atoms with van der Waals surface area (Å²) < 4.78 is 29.1. The molecule has 0 aliphatic heterocycles. The highest BCUT2D eigenvalue weighted by Crippen LogP contribution is 2.14. The lowest BCUT2D eigenvalue weighted by atomic mass is 10.1. The monoisotopic (exact) mass is 456 g/mol. The maximum Gasteiger partial charge on any atom is 0.241 e. The van der Waals surface area contributed by atoms with E-state index in [1.165, 1.54) is 44.4 Å². The van der Waals surface area contributed by atoms with Crippen molar-refractivity contribution in [3.05, 3.63) is 72.3 Å². The van der Waals surface area contributed by atoms with Gasteiger partial charge in [0.05, 0.1) is 17.5 Å². The second-order valence-electron chi connectivity index (χ2n) is 7.18. The molecule has 0 radical (unpaired) electrons. The molecule has 0 unspecified atom stereocenters. The van der Waals surface area contributed by atoms with Gasteiger partial charge in [0, 0.05) is 19.2 Å². The molecule has 0 aliphatic carbocycles. The van der Waals surface area contributed by atoms with Crippen molar-refractivity contribution in [1.82, 2.24) is 24.8 Å². The van der Waals surface area contributed by atoms with Crippen molar-refractivity contribution < 1.29 is 18.0 Å². The summed E-state index contributed by atoms with van der Waals surface area (Å²) in [6.45, 7) is 3.69. The zero-order chi connectivity index (χ0) is 23.1. The fraction of sp³-hybridized carbons (Fsp3) is 0.238. The number of carbonyl (C=O) groups excluding carboxylic acids is 2. The Morgan fingerprint density at radius 3 is 2.28 bits per heavy atom. The van der Waals surface area contributed by atoms with Gasteiger partial charge in [-0.15, -0.1) is 0 Å². The van der Waals surface area contributed by atoms with E-state index in [-0.39, 0.29) is 17.3 Å². The van der Waals surface area contributed by atoms with Gasteiger partial charge in [0.1, 0.15) is 12.7 Å². The van der Waals surface area contributed by atoms with E-state index in [0.717, 1.165) is 11.1 Å². The van der Waals surface area contributed by atoms with E-state index in [1.54, 1.807) is 11.0 Å². The number of nitrogens with one attached hydrogen (secondary N) is 3. The Bertz CT molecular complexity index is 1160. The summed E-state index contributed by atoms with van der Waals surface area (Å²) in [5.41, 5.74) is 2.40. The summed E-state index contributed by atoms with van der Waals surface area (Å²) in [5.74, 6) is -0.705.